The Morgan fingerprint density at radius 3 is 2.21 bits per heavy atom. The lowest BCUT2D eigenvalue weighted by atomic mass is 10.1. The average Bonchev–Trinajstić information content (AvgIpc) is 3.30. The van der Waals surface area contributed by atoms with Crippen LogP contribution in [-0.2, 0) is 6.54 Å². The number of nitrogens with one attached hydrogen (secondary N) is 2. The number of anilines is 2. The molecule has 1 aliphatic rings. The summed E-state index contributed by atoms with van der Waals surface area (Å²) < 4.78 is 18.5. The van der Waals surface area contributed by atoms with Gasteiger partial charge in [0.25, 0.3) is 0 Å². The second-order valence-electron chi connectivity index (χ2n) is 7.67. The van der Waals surface area contributed by atoms with E-state index in [0.29, 0.717) is 30.3 Å². The van der Waals surface area contributed by atoms with E-state index in [0.717, 1.165) is 5.75 Å². The molecule has 1 atom stereocenters. The zero-order valence-electron chi connectivity index (χ0n) is 18.1. The van der Waals surface area contributed by atoms with E-state index in [2.05, 4.69) is 15.6 Å². The van der Waals surface area contributed by atoms with Crippen molar-refractivity contribution in [3.63, 3.8) is 0 Å². The van der Waals surface area contributed by atoms with Crippen molar-refractivity contribution in [2.45, 2.75) is 26.0 Å². The first kappa shape index (κ1) is 21.9. The topological polar surface area (TPSA) is 130 Å². The first-order chi connectivity index (χ1) is 15.8. The maximum Gasteiger partial charge on any atom is 0.415 e. The SMILES string of the molecule is CCOc1ccc(NC(=O)Nc2ccc(OC[C@@]3(C)Cn4cc([N+](=O)[O-])nc4O3)cc2)cc1. The molecule has 2 amide bonds. The minimum Gasteiger partial charge on any atom is -0.494 e. The molecule has 0 saturated heterocycles. The highest BCUT2D eigenvalue weighted by molar-refractivity contribution is 5.99. The first-order valence-corrected chi connectivity index (χ1v) is 10.3. The lowest BCUT2D eigenvalue weighted by Crippen LogP contribution is -2.38. The number of imidazole rings is 1. The molecule has 0 unspecified atom stereocenters. The Labute approximate surface area is 189 Å². The number of fused-ring (bicyclic) bond motifs is 1. The highest BCUT2D eigenvalue weighted by Gasteiger charge is 2.41. The van der Waals surface area contributed by atoms with E-state index in [1.165, 1.54) is 6.20 Å². The quantitative estimate of drug-likeness (QED) is 0.388. The maximum absolute atomic E-state index is 12.2. The molecule has 2 N–H and O–H groups in total. The fourth-order valence-corrected chi connectivity index (χ4v) is 3.32. The standard InChI is InChI=1S/C22H23N5O6/c1-3-31-17-8-4-15(5-9-17)23-20(28)24-16-6-10-18(11-7-16)32-14-22(2)13-26-12-19(27(29)30)25-21(26)33-22/h4-12H,3,13-14H2,1-2H3,(H2,23,24,28)/t22-/m1/s1. The lowest BCUT2D eigenvalue weighted by molar-refractivity contribution is -0.389. The second-order valence-corrected chi connectivity index (χ2v) is 7.67. The Bertz CT molecular complexity index is 1120. The van der Waals surface area contributed by atoms with Crippen molar-refractivity contribution in [3.8, 4) is 17.5 Å². The van der Waals surface area contributed by atoms with Gasteiger partial charge >= 0.3 is 17.9 Å². The van der Waals surface area contributed by atoms with Gasteiger partial charge in [0.1, 0.15) is 24.3 Å². The summed E-state index contributed by atoms with van der Waals surface area (Å²) in [5.74, 6) is 1.08. The molecular formula is C22H23N5O6. The van der Waals surface area contributed by atoms with Gasteiger partial charge in [0.05, 0.1) is 13.2 Å². The van der Waals surface area contributed by atoms with Crippen molar-refractivity contribution in [1.82, 2.24) is 9.55 Å². The van der Waals surface area contributed by atoms with Crippen molar-refractivity contribution >= 4 is 23.2 Å². The van der Waals surface area contributed by atoms with E-state index in [1.807, 2.05) is 13.8 Å². The number of benzene rings is 2. The van der Waals surface area contributed by atoms with Gasteiger partial charge in [-0.3, -0.25) is 4.57 Å². The van der Waals surface area contributed by atoms with E-state index in [1.54, 1.807) is 53.1 Å². The van der Waals surface area contributed by atoms with Crippen molar-refractivity contribution in [3.05, 3.63) is 64.8 Å². The molecule has 0 bridgehead atoms. The molecule has 11 nitrogen and oxygen atoms in total. The van der Waals surface area contributed by atoms with Gasteiger partial charge in [0, 0.05) is 16.4 Å². The summed E-state index contributed by atoms with van der Waals surface area (Å²) in [6, 6.07) is 13.8. The number of ether oxygens (including phenoxy) is 3. The van der Waals surface area contributed by atoms with E-state index in [-0.39, 0.29) is 24.5 Å². The monoisotopic (exact) mass is 453 g/mol. The van der Waals surface area contributed by atoms with Gasteiger partial charge in [-0.05, 0) is 67.3 Å². The summed E-state index contributed by atoms with van der Waals surface area (Å²) in [6.07, 6.45) is 1.35. The molecule has 0 saturated carbocycles. The van der Waals surface area contributed by atoms with E-state index >= 15 is 0 Å². The van der Waals surface area contributed by atoms with Gasteiger partial charge < -0.3 is 35.0 Å². The lowest BCUT2D eigenvalue weighted by Gasteiger charge is -2.22. The Balaban J connectivity index is 1.26. The Hall–Kier alpha value is -4.28. The molecule has 33 heavy (non-hydrogen) atoms. The predicted molar refractivity (Wildman–Crippen MR) is 120 cm³/mol. The van der Waals surface area contributed by atoms with Crippen molar-refractivity contribution in [2.24, 2.45) is 0 Å². The normalized spacial score (nSPS) is 16.4. The van der Waals surface area contributed by atoms with Gasteiger partial charge in [0.2, 0.25) is 0 Å². The summed E-state index contributed by atoms with van der Waals surface area (Å²) in [6.45, 7) is 4.93. The van der Waals surface area contributed by atoms with Gasteiger partial charge in [-0.15, -0.1) is 0 Å². The Kier molecular flexibility index (Phi) is 6.03. The summed E-state index contributed by atoms with van der Waals surface area (Å²) in [4.78, 5) is 26.3. The van der Waals surface area contributed by atoms with Crippen LogP contribution in [0.2, 0.25) is 0 Å². The highest BCUT2D eigenvalue weighted by atomic mass is 16.6. The number of hydrogen-bond donors (Lipinski definition) is 2. The molecule has 0 radical (unpaired) electrons. The van der Waals surface area contributed by atoms with Crippen LogP contribution in [0.3, 0.4) is 0 Å². The molecule has 2 aromatic carbocycles. The largest absolute Gasteiger partial charge is 0.494 e. The van der Waals surface area contributed by atoms with Crippen molar-refractivity contribution in [1.29, 1.82) is 0 Å². The third-order valence-electron chi connectivity index (χ3n) is 4.84. The van der Waals surface area contributed by atoms with Crippen LogP contribution in [0.1, 0.15) is 13.8 Å². The smallest absolute Gasteiger partial charge is 0.415 e. The van der Waals surface area contributed by atoms with Crippen LogP contribution in [-0.4, -0.2) is 39.3 Å². The highest BCUT2D eigenvalue weighted by Crippen LogP contribution is 2.31. The van der Waals surface area contributed by atoms with Crippen LogP contribution in [0, 0.1) is 10.1 Å². The van der Waals surface area contributed by atoms with Crippen LogP contribution >= 0.6 is 0 Å². The fourth-order valence-electron chi connectivity index (χ4n) is 3.32. The molecule has 11 heteroatoms. The zero-order valence-corrected chi connectivity index (χ0v) is 18.1. The Morgan fingerprint density at radius 1 is 1.12 bits per heavy atom. The molecule has 2 heterocycles. The number of carbonyl (C=O) groups excluding carboxylic acids is 1. The first-order valence-electron chi connectivity index (χ1n) is 10.3. The summed E-state index contributed by atoms with van der Waals surface area (Å²) >= 11 is 0. The zero-order chi connectivity index (χ0) is 23.4. The van der Waals surface area contributed by atoms with E-state index in [9.17, 15) is 14.9 Å². The van der Waals surface area contributed by atoms with Crippen LogP contribution in [0.4, 0.5) is 22.0 Å². The molecule has 4 rings (SSSR count). The minimum atomic E-state index is -0.702. The third-order valence-corrected chi connectivity index (χ3v) is 4.84. The summed E-state index contributed by atoms with van der Waals surface area (Å²) in [5, 5.41) is 16.3. The molecular weight excluding hydrogens is 430 g/mol. The Morgan fingerprint density at radius 2 is 1.70 bits per heavy atom. The van der Waals surface area contributed by atoms with Gasteiger partial charge in [-0.25, -0.2) is 4.79 Å². The maximum atomic E-state index is 12.2. The molecule has 3 aromatic rings. The van der Waals surface area contributed by atoms with E-state index < -0.39 is 10.5 Å². The predicted octanol–water partition coefficient (Wildman–Crippen LogP) is 4.06. The van der Waals surface area contributed by atoms with Crippen LogP contribution in [0.15, 0.2) is 54.7 Å². The van der Waals surface area contributed by atoms with Crippen molar-refractivity contribution < 1.29 is 23.9 Å². The van der Waals surface area contributed by atoms with Crippen molar-refractivity contribution in [2.75, 3.05) is 23.8 Å². The van der Waals surface area contributed by atoms with Crippen LogP contribution < -0.4 is 24.8 Å². The third kappa shape index (κ3) is 5.32. The number of nitro groups is 1. The molecule has 1 aliphatic heterocycles. The molecule has 0 fully saturated rings. The second kappa shape index (κ2) is 9.07. The summed E-state index contributed by atoms with van der Waals surface area (Å²) in [7, 11) is 0. The molecule has 172 valence electrons. The number of rotatable bonds is 8. The molecule has 0 aliphatic carbocycles. The molecule has 0 spiro atoms. The van der Waals surface area contributed by atoms with Gasteiger partial charge in [-0.2, -0.15) is 0 Å². The number of aromatic nitrogens is 2. The number of nitrogens with zero attached hydrogens (tertiary/aromatic N) is 3. The minimum absolute atomic E-state index is 0.200. The number of urea groups is 1. The number of amides is 2. The number of carbonyl (C=O) groups is 1. The number of hydrogen-bond acceptors (Lipinski definition) is 7. The van der Waals surface area contributed by atoms with Gasteiger partial charge in [0.15, 0.2) is 5.60 Å². The average molecular weight is 453 g/mol. The van der Waals surface area contributed by atoms with Gasteiger partial charge in [-0.1, -0.05) is 0 Å². The summed E-state index contributed by atoms with van der Waals surface area (Å²) in [5.41, 5.74) is 0.541. The van der Waals surface area contributed by atoms with Crippen LogP contribution in [0.5, 0.6) is 17.5 Å². The molecule has 1 aromatic heterocycles. The van der Waals surface area contributed by atoms with Crippen LogP contribution in [0.25, 0.3) is 0 Å². The van der Waals surface area contributed by atoms with E-state index in [4.69, 9.17) is 14.2 Å². The fraction of sp³-hybridized carbons (Fsp3) is 0.273.